The van der Waals surface area contributed by atoms with Crippen molar-refractivity contribution >= 4 is 28.3 Å². The summed E-state index contributed by atoms with van der Waals surface area (Å²) in [5.41, 5.74) is 2.38. The van der Waals surface area contributed by atoms with Gasteiger partial charge >= 0.3 is 5.97 Å². The third-order valence-electron chi connectivity index (χ3n) is 3.97. The Bertz CT molecular complexity index is 960. The number of benzene rings is 2. The Morgan fingerprint density at radius 1 is 1.07 bits per heavy atom. The minimum Gasteiger partial charge on any atom is -0.454 e. The molecule has 150 valence electrons. The summed E-state index contributed by atoms with van der Waals surface area (Å²) in [5.74, 6) is -1.43. The fourth-order valence-corrected chi connectivity index (χ4v) is 3.39. The lowest BCUT2D eigenvalue weighted by molar-refractivity contribution is -0.151. The van der Waals surface area contributed by atoms with Crippen LogP contribution in [0.25, 0.3) is 11.3 Å². The normalized spacial score (nSPS) is 10.6. The maximum absolute atomic E-state index is 13.2. The second-order valence-electron chi connectivity index (χ2n) is 6.08. The van der Waals surface area contributed by atoms with Crippen molar-refractivity contribution in [2.24, 2.45) is 0 Å². The average molecular weight is 414 g/mol. The highest BCUT2D eigenvalue weighted by atomic mass is 32.1. The van der Waals surface area contributed by atoms with Crippen LogP contribution in [-0.2, 0) is 25.6 Å². The van der Waals surface area contributed by atoms with E-state index >= 15 is 0 Å². The first kappa shape index (κ1) is 20.6. The van der Waals surface area contributed by atoms with E-state index in [0.717, 1.165) is 16.8 Å². The van der Waals surface area contributed by atoms with E-state index in [1.54, 1.807) is 12.1 Å². The smallest absolute Gasteiger partial charge is 0.332 e. The van der Waals surface area contributed by atoms with Gasteiger partial charge in [0.15, 0.2) is 11.7 Å². The van der Waals surface area contributed by atoms with Crippen LogP contribution in [0.3, 0.4) is 0 Å². The van der Waals surface area contributed by atoms with E-state index in [1.165, 1.54) is 35.5 Å². The van der Waals surface area contributed by atoms with E-state index < -0.39 is 18.5 Å². The van der Waals surface area contributed by atoms with Crippen LogP contribution in [0.1, 0.15) is 5.56 Å². The molecular formula is C21H19FN2O4S. The van der Waals surface area contributed by atoms with Crippen molar-refractivity contribution in [3.63, 3.8) is 0 Å². The summed E-state index contributed by atoms with van der Waals surface area (Å²) >= 11 is 1.30. The molecule has 1 amide bonds. The molecule has 0 radical (unpaired) electrons. The lowest BCUT2D eigenvalue weighted by atomic mass is 10.2. The molecule has 0 fully saturated rings. The van der Waals surface area contributed by atoms with Crippen LogP contribution in [-0.4, -0.2) is 37.2 Å². The predicted molar refractivity (Wildman–Crippen MR) is 108 cm³/mol. The summed E-state index contributed by atoms with van der Waals surface area (Å²) in [5, 5.41) is 2.31. The topological polar surface area (TPSA) is 68.7 Å². The monoisotopic (exact) mass is 414 g/mol. The highest BCUT2D eigenvalue weighted by Crippen LogP contribution is 2.28. The molecule has 0 bridgehead atoms. The first-order chi connectivity index (χ1) is 14.1. The number of carbonyl (C=O) groups is 2. The highest BCUT2D eigenvalue weighted by Gasteiger charge is 2.21. The highest BCUT2D eigenvalue weighted by molar-refractivity contribution is 7.14. The number of methoxy groups -OCH3 is 1. The number of hydrogen-bond acceptors (Lipinski definition) is 6. The van der Waals surface area contributed by atoms with Gasteiger partial charge in [0, 0.05) is 18.1 Å². The van der Waals surface area contributed by atoms with E-state index in [4.69, 9.17) is 9.47 Å². The van der Waals surface area contributed by atoms with Gasteiger partial charge in [-0.25, -0.2) is 14.2 Å². The van der Waals surface area contributed by atoms with Crippen molar-refractivity contribution < 1.29 is 23.5 Å². The number of halogens is 1. The lowest BCUT2D eigenvalue weighted by Crippen LogP contribution is -2.34. The minimum absolute atomic E-state index is 0.169. The number of aromatic nitrogens is 1. The largest absolute Gasteiger partial charge is 0.454 e. The van der Waals surface area contributed by atoms with Gasteiger partial charge in [0.1, 0.15) is 12.4 Å². The van der Waals surface area contributed by atoms with Crippen molar-refractivity contribution in [2.75, 3.05) is 25.2 Å². The van der Waals surface area contributed by atoms with E-state index in [1.807, 2.05) is 35.7 Å². The summed E-state index contributed by atoms with van der Waals surface area (Å²) in [6.45, 7) is -0.507. The van der Waals surface area contributed by atoms with Crippen LogP contribution in [0.15, 0.2) is 60.0 Å². The Labute approximate surface area is 171 Å². The molecule has 3 rings (SSSR count). The van der Waals surface area contributed by atoms with Crippen LogP contribution in [0.2, 0.25) is 0 Å². The first-order valence-corrected chi connectivity index (χ1v) is 9.65. The molecule has 0 aliphatic rings. The molecule has 6 nitrogen and oxygen atoms in total. The second-order valence-corrected chi connectivity index (χ2v) is 6.92. The van der Waals surface area contributed by atoms with Crippen molar-refractivity contribution in [2.45, 2.75) is 6.54 Å². The minimum atomic E-state index is -0.633. The average Bonchev–Trinajstić information content (AvgIpc) is 3.22. The third-order valence-corrected chi connectivity index (χ3v) is 4.83. The zero-order chi connectivity index (χ0) is 20.6. The lowest BCUT2D eigenvalue weighted by Gasteiger charge is -2.20. The van der Waals surface area contributed by atoms with Gasteiger partial charge < -0.3 is 9.47 Å². The zero-order valence-corrected chi connectivity index (χ0v) is 16.5. The Kier molecular flexibility index (Phi) is 7.04. The van der Waals surface area contributed by atoms with Crippen LogP contribution in [0, 0.1) is 5.82 Å². The number of rotatable bonds is 8. The van der Waals surface area contributed by atoms with Gasteiger partial charge in [0.2, 0.25) is 0 Å². The van der Waals surface area contributed by atoms with E-state index in [0.29, 0.717) is 5.13 Å². The van der Waals surface area contributed by atoms with Crippen LogP contribution in [0.5, 0.6) is 0 Å². The summed E-state index contributed by atoms with van der Waals surface area (Å²) in [4.78, 5) is 30.3. The van der Waals surface area contributed by atoms with Crippen molar-refractivity contribution in [3.8, 4) is 11.3 Å². The number of carbonyl (C=O) groups excluding carboxylic acids is 2. The number of hydrogen-bond donors (Lipinski definition) is 0. The van der Waals surface area contributed by atoms with Gasteiger partial charge in [-0.05, 0) is 17.7 Å². The molecule has 0 atom stereocenters. The van der Waals surface area contributed by atoms with Gasteiger partial charge in [-0.3, -0.25) is 9.69 Å². The van der Waals surface area contributed by atoms with Gasteiger partial charge in [0.05, 0.1) is 12.2 Å². The maximum Gasteiger partial charge on any atom is 0.332 e. The van der Waals surface area contributed by atoms with Gasteiger partial charge in [-0.1, -0.05) is 42.5 Å². The van der Waals surface area contributed by atoms with Gasteiger partial charge in [-0.2, -0.15) is 0 Å². The number of esters is 1. The van der Waals surface area contributed by atoms with Crippen LogP contribution < -0.4 is 4.90 Å². The van der Waals surface area contributed by atoms with Crippen LogP contribution in [0.4, 0.5) is 9.52 Å². The molecule has 0 saturated carbocycles. The number of anilines is 1. The first-order valence-electron chi connectivity index (χ1n) is 8.77. The molecule has 0 aliphatic carbocycles. The molecule has 0 spiro atoms. The third kappa shape index (κ3) is 5.69. The van der Waals surface area contributed by atoms with Crippen molar-refractivity contribution in [3.05, 3.63) is 71.4 Å². The number of ether oxygens (including phenoxy) is 2. The molecule has 0 unspecified atom stereocenters. The molecule has 2 aromatic carbocycles. The Morgan fingerprint density at radius 3 is 2.48 bits per heavy atom. The van der Waals surface area contributed by atoms with Gasteiger partial charge in [0.25, 0.3) is 5.91 Å². The van der Waals surface area contributed by atoms with Crippen molar-refractivity contribution in [1.29, 1.82) is 0 Å². The second kappa shape index (κ2) is 9.90. The van der Waals surface area contributed by atoms with Gasteiger partial charge in [-0.15, -0.1) is 11.3 Å². The predicted octanol–water partition coefficient (Wildman–Crippen LogP) is 3.67. The van der Waals surface area contributed by atoms with E-state index in [-0.39, 0.29) is 19.0 Å². The Balaban J connectivity index is 1.82. The molecule has 1 heterocycles. The Hall–Kier alpha value is -3.10. The van der Waals surface area contributed by atoms with Crippen LogP contribution >= 0.6 is 11.3 Å². The molecule has 29 heavy (non-hydrogen) atoms. The standard InChI is InChI=1S/C21H19FN2O4S/c1-27-13-20(26)28-12-19(25)24(11-15-7-9-17(22)10-8-15)21-23-18(14-29-21)16-5-3-2-4-6-16/h2-10,14H,11-13H2,1H3. The number of thiazole rings is 1. The summed E-state index contributed by atoms with van der Waals surface area (Å²) in [7, 11) is 1.37. The summed E-state index contributed by atoms with van der Waals surface area (Å²) in [6.07, 6.45) is 0. The maximum atomic E-state index is 13.2. The fourth-order valence-electron chi connectivity index (χ4n) is 2.54. The SMILES string of the molecule is COCC(=O)OCC(=O)N(Cc1ccc(F)cc1)c1nc(-c2ccccc2)cs1. The zero-order valence-electron chi connectivity index (χ0n) is 15.7. The quantitative estimate of drug-likeness (QED) is 0.526. The molecule has 3 aromatic rings. The fraction of sp³-hybridized carbons (Fsp3) is 0.190. The van der Waals surface area contributed by atoms with E-state index in [9.17, 15) is 14.0 Å². The molecule has 8 heteroatoms. The number of amides is 1. The summed E-state index contributed by atoms with van der Waals surface area (Å²) in [6, 6.07) is 15.4. The molecule has 0 saturated heterocycles. The Morgan fingerprint density at radius 2 is 1.79 bits per heavy atom. The van der Waals surface area contributed by atoms with E-state index in [2.05, 4.69) is 4.98 Å². The molecular weight excluding hydrogens is 395 g/mol. The number of nitrogens with zero attached hydrogens (tertiary/aromatic N) is 2. The summed E-state index contributed by atoms with van der Waals surface area (Å²) < 4.78 is 22.9. The molecule has 1 aromatic heterocycles. The molecule has 0 N–H and O–H groups in total. The van der Waals surface area contributed by atoms with Crippen molar-refractivity contribution in [1.82, 2.24) is 4.98 Å². The molecule has 0 aliphatic heterocycles.